The molecule has 0 unspecified atom stereocenters. The smallest absolute Gasteiger partial charge is 0.352 e. The number of para-hydroxylation sites is 1. The number of ether oxygens (including phenoxy) is 1. The van der Waals surface area contributed by atoms with E-state index in [4.69, 9.17) is 9.84 Å². The summed E-state index contributed by atoms with van der Waals surface area (Å²) in [6.07, 6.45) is 1.72. The van der Waals surface area contributed by atoms with Gasteiger partial charge in [-0.2, -0.15) is 0 Å². The minimum atomic E-state index is -0.954. The van der Waals surface area contributed by atoms with E-state index in [1.165, 1.54) is 0 Å². The standard InChI is InChI=1S/C17H13NO3/c19-17(20)16-7-4-12-18(16)13-8-10-15(11-9-13)21-14-5-2-1-3-6-14/h1-12H,(H,19,20). The summed E-state index contributed by atoms with van der Waals surface area (Å²) in [5.74, 6) is 0.510. The molecule has 2 aromatic carbocycles. The van der Waals surface area contributed by atoms with Crippen molar-refractivity contribution in [2.45, 2.75) is 0 Å². The van der Waals surface area contributed by atoms with Gasteiger partial charge in [-0.25, -0.2) is 4.79 Å². The van der Waals surface area contributed by atoms with Crippen molar-refractivity contribution in [1.29, 1.82) is 0 Å². The molecule has 0 atom stereocenters. The second kappa shape index (κ2) is 5.54. The molecule has 4 nitrogen and oxygen atoms in total. The molecule has 0 fully saturated rings. The SMILES string of the molecule is O=C(O)c1cccn1-c1ccc(Oc2ccccc2)cc1. The van der Waals surface area contributed by atoms with Crippen molar-refractivity contribution in [3.05, 3.63) is 78.6 Å². The summed E-state index contributed by atoms with van der Waals surface area (Å²) < 4.78 is 7.32. The Kier molecular flexibility index (Phi) is 3.43. The van der Waals surface area contributed by atoms with Crippen LogP contribution in [-0.2, 0) is 0 Å². The Morgan fingerprint density at radius 3 is 2.19 bits per heavy atom. The summed E-state index contributed by atoms with van der Waals surface area (Å²) in [4.78, 5) is 11.1. The van der Waals surface area contributed by atoms with Gasteiger partial charge in [-0.05, 0) is 48.5 Å². The summed E-state index contributed by atoms with van der Waals surface area (Å²) in [7, 11) is 0. The zero-order chi connectivity index (χ0) is 14.7. The molecule has 0 aliphatic heterocycles. The maximum absolute atomic E-state index is 11.1. The number of carboxylic acid groups (broad SMARTS) is 1. The minimum Gasteiger partial charge on any atom is -0.477 e. The first-order valence-electron chi connectivity index (χ1n) is 6.48. The number of carboxylic acids is 1. The number of aromatic nitrogens is 1. The molecule has 3 rings (SSSR count). The molecule has 0 saturated carbocycles. The van der Waals surface area contributed by atoms with Crippen LogP contribution >= 0.6 is 0 Å². The van der Waals surface area contributed by atoms with Crippen LogP contribution in [0.15, 0.2) is 72.9 Å². The maximum Gasteiger partial charge on any atom is 0.352 e. The largest absolute Gasteiger partial charge is 0.477 e. The molecule has 0 spiro atoms. The summed E-state index contributed by atoms with van der Waals surface area (Å²) in [5, 5.41) is 9.12. The number of rotatable bonds is 4. The van der Waals surface area contributed by atoms with E-state index in [0.717, 1.165) is 11.4 Å². The van der Waals surface area contributed by atoms with Gasteiger partial charge in [0, 0.05) is 11.9 Å². The van der Waals surface area contributed by atoms with Crippen molar-refractivity contribution in [2.75, 3.05) is 0 Å². The van der Waals surface area contributed by atoms with Gasteiger partial charge >= 0.3 is 5.97 Å². The average molecular weight is 279 g/mol. The molecule has 104 valence electrons. The Balaban J connectivity index is 1.84. The van der Waals surface area contributed by atoms with Gasteiger partial charge in [0.25, 0.3) is 0 Å². The minimum absolute atomic E-state index is 0.228. The first-order valence-corrected chi connectivity index (χ1v) is 6.48. The Morgan fingerprint density at radius 1 is 0.857 bits per heavy atom. The number of carbonyl (C=O) groups is 1. The molecule has 0 bridgehead atoms. The third kappa shape index (κ3) is 2.79. The fourth-order valence-electron chi connectivity index (χ4n) is 2.08. The van der Waals surface area contributed by atoms with Crippen LogP contribution < -0.4 is 4.74 Å². The summed E-state index contributed by atoms with van der Waals surface area (Å²) >= 11 is 0. The normalized spacial score (nSPS) is 10.3. The third-order valence-corrected chi connectivity index (χ3v) is 3.06. The molecule has 1 N–H and O–H groups in total. The third-order valence-electron chi connectivity index (χ3n) is 3.06. The molecule has 0 aliphatic carbocycles. The predicted molar refractivity (Wildman–Crippen MR) is 79.2 cm³/mol. The number of hydrogen-bond acceptors (Lipinski definition) is 2. The highest BCUT2D eigenvalue weighted by atomic mass is 16.5. The van der Waals surface area contributed by atoms with Gasteiger partial charge in [0.2, 0.25) is 0 Å². The lowest BCUT2D eigenvalue weighted by atomic mass is 10.3. The zero-order valence-electron chi connectivity index (χ0n) is 11.1. The molecular weight excluding hydrogens is 266 g/mol. The number of benzene rings is 2. The van der Waals surface area contributed by atoms with E-state index >= 15 is 0 Å². The van der Waals surface area contributed by atoms with Gasteiger partial charge in [0.1, 0.15) is 17.2 Å². The van der Waals surface area contributed by atoms with Crippen LogP contribution in [0, 0.1) is 0 Å². The van der Waals surface area contributed by atoms with E-state index in [9.17, 15) is 4.79 Å². The first-order chi connectivity index (χ1) is 10.2. The van der Waals surface area contributed by atoms with Crippen LogP contribution in [-0.4, -0.2) is 15.6 Å². The highest BCUT2D eigenvalue weighted by Gasteiger charge is 2.09. The monoisotopic (exact) mass is 279 g/mol. The molecule has 0 amide bonds. The molecule has 0 radical (unpaired) electrons. The van der Waals surface area contributed by atoms with Gasteiger partial charge in [0.15, 0.2) is 0 Å². The molecule has 0 aliphatic rings. The lowest BCUT2D eigenvalue weighted by Crippen LogP contribution is -2.05. The van der Waals surface area contributed by atoms with Crippen molar-refractivity contribution >= 4 is 5.97 Å². The molecular formula is C17H13NO3. The lowest BCUT2D eigenvalue weighted by Gasteiger charge is -2.09. The van der Waals surface area contributed by atoms with Crippen LogP contribution in [0.3, 0.4) is 0 Å². The van der Waals surface area contributed by atoms with E-state index in [1.807, 2.05) is 54.6 Å². The number of hydrogen-bond donors (Lipinski definition) is 1. The van der Waals surface area contributed by atoms with Crippen LogP contribution in [0.25, 0.3) is 5.69 Å². The summed E-state index contributed by atoms with van der Waals surface area (Å²) in [5.41, 5.74) is 1.00. The van der Waals surface area contributed by atoms with E-state index < -0.39 is 5.97 Å². The Hall–Kier alpha value is -3.01. The number of nitrogens with zero attached hydrogens (tertiary/aromatic N) is 1. The highest BCUT2D eigenvalue weighted by Crippen LogP contribution is 2.23. The second-order valence-corrected chi connectivity index (χ2v) is 4.48. The molecule has 4 heteroatoms. The van der Waals surface area contributed by atoms with Crippen LogP contribution in [0.1, 0.15) is 10.5 Å². The lowest BCUT2D eigenvalue weighted by molar-refractivity contribution is 0.0688. The van der Waals surface area contributed by atoms with Crippen molar-refractivity contribution in [1.82, 2.24) is 4.57 Å². The molecule has 21 heavy (non-hydrogen) atoms. The topological polar surface area (TPSA) is 51.5 Å². The summed E-state index contributed by atoms with van der Waals surface area (Å²) in [6, 6.07) is 20.0. The van der Waals surface area contributed by atoms with Crippen molar-refractivity contribution in [3.8, 4) is 17.2 Å². The molecule has 0 saturated heterocycles. The van der Waals surface area contributed by atoms with Gasteiger partial charge in [-0.3, -0.25) is 0 Å². The molecule has 3 aromatic rings. The summed E-state index contributed by atoms with van der Waals surface area (Å²) in [6.45, 7) is 0. The fraction of sp³-hybridized carbons (Fsp3) is 0. The second-order valence-electron chi connectivity index (χ2n) is 4.48. The Morgan fingerprint density at radius 2 is 1.52 bits per heavy atom. The van der Waals surface area contributed by atoms with Gasteiger partial charge in [-0.1, -0.05) is 18.2 Å². The quantitative estimate of drug-likeness (QED) is 0.786. The predicted octanol–water partition coefficient (Wildman–Crippen LogP) is 3.97. The number of aromatic carboxylic acids is 1. The van der Waals surface area contributed by atoms with Crippen molar-refractivity contribution in [3.63, 3.8) is 0 Å². The zero-order valence-corrected chi connectivity index (χ0v) is 11.1. The van der Waals surface area contributed by atoms with Gasteiger partial charge < -0.3 is 14.4 Å². The van der Waals surface area contributed by atoms with E-state index in [1.54, 1.807) is 22.9 Å². The Bertz CT molecular complexity index is 745. The first kappa shape index (κ1) is 13.0. The van der Waals surface area contributed by atoms with Crippen molar-refractivity contribution < 1.29 is 14.6 Å². The Labute approximate surface area is 121 Å². The van der Waals surface area contributed by atoms with Gasteiger partial charge in [0.05, 0.1) is 0 Å². The maximum atomic E-state index is 11.1. The average Bonchev–Trinajstić information content (AvgIpc) is 2.99. The van der Waals surface area contributed by atoms with Crippen molar-refractivity contribution in [2.24, 2.45) is 0 Å². The van der Waals surface area contributed by atoms with Crippen LogP contribution in [0.5, 0.6) is 11.5 Å². The fourth-order valence-corrected chi connectivity index (χ4v) is 2.08. The van der Waals surface area contributed by atoms with Crippen LogP contribution in [0.4, 0.5) is 0 Å². The van der Waals surface area contributed by atoms with E-state index in [-0.39, 0.29) is 5.69 Å². The highest BCUT2D eigenvalue weighted by molar-refractivity contribution is 5.86. The van der Waals surface area contributed by atoms with E-state index in [0.29, 0.717) is 5.75 Å². The molecule has 1 aromatic heterocycles. The van der Waals surface area contributed by atoms with Crippen LogP contribution in [0.2, 0.25) is 0 Å². The van der Waals surface area contributed by atoms with Gasteiger partial charge in [-0.15, -0.1) is 0 Å². The van der Waals surface area contributed by atoms with E-state index in [2.05, 4.69) is 0 Å². The molecule has 1 heterocycles.